The zero-order valence-electron chi connectivity index (χ0n) is 17.4. The smallest absolute Gasteiger partial charge is 0.234 e. The quantitative estimate of drug-likeness (QED) is 0.657. The molecule has 2 heterocycles. The molecular weight excluding hydrogens is 458 g/mol. The minimum absolute atomic E-state index is 0.00121. The molecule has 1 amide bonds. The Kier molecular flexibility index (Phi) is 6.79. The number of nitriles is 2. The highest BCUT2D eigenvalue weighted by Crippen LogP contribution is 2.43. The van der Waals surface area contributed by atoms with E-state index in [0.29, 0.717) is 45.3 Å². The van der Waals surface area contributed by atoms with Gasteiger partial charge in [0.15, 0.2) is 5.78 Å². The number of nitrogens with zero attached hydrogens (tertiary/aromatic N) is 3. The highest BCUT2D eigenvalue weighted by atomic mass is 35.5. The molecule has 4 rings (SSSR count). The molecule has 1 atom stereocenters. The normalized spacial score (nSPS) is 17.5. The van der Waals surface area contributed by atoms with Crippen molar-refractivity contribution in [3.63, 3.8) is 0 Å². The van der Waals surface area contributed by atoms with E-state index in [9.17, 15) is 20.1 Å². The van der Waals surface area contributed by atoms with Crippen LogP contribution in [-0.2, 0) is 9.59 Å². The van der Waals surface area contributed by atoms with Gasteiger partial charge in [0.25, 0.3) is 0 Å². The number of anilines is 1. The third-order valence-corrected chi connectivity index (χ3v) is 6.66. The molecule has 0 fully saturated rings. The summed E-state index contributed by atoms with van der Waals surface area (Å²) < 4.78 is 0. The second-order valence-corrected chi connectivity index (χ2v) is 8.93. The Hall–Kier alpha value is -3.59. The molecule has 2 aromatic rings. The second kappa shape index (κ2) is 9.91. The molecule has 2 N–H and O–H groups in total. The molecule has 1 aliphatic carbocycles. The summed E-state index contributed by atoms with van der Waals surface area (Å²) in [5, 5.41) is 26.1. The molecule has 9 heteroatoms. The molecule has 1 aromatic heterocycles. The molecule has 164 valence electrons. The fourth-order valence-electron chi connectivity index (χ4n) is 3.96. The van der Waals surface area contributed by atoms with Crippen LogP contribution in [0.25, 0.3) is 0 Å². The molecule has 0 saturated heterocycles. The number of halogens is 1. The van der Waals surface area contributed by atoms with Crippen LogP contribution in [0.5, 0.6) is 0 Å². The Morgan fingerprint density at radius 2 is 2.12 bits per heavy atom. The maximum atomic E-state index is 12.8. The third kappa shape index (κ3) is 4.78. The number of amides is 1. The second-order valence-electron chi connectivity index (χ2n) is 7.51. The predicted molar refractivity (Wildman–Crippen MR) is 126 cm³/mol. The molecule has 1 aromatic carbocycles. The number of nitrogens with one attached hydrogen (secondary N) is 2. The number of aromatic nitrogens is 1. The van der Waals surface area contributed by atoms with Gasteiger partial charge in [0, 0.05) is 35.1 Å². The van der Waals surface area contributed by atoms with E-state index in [1.54, 1.807) is 24.5 Å². The number of hydrogen-bond acceptors (Lipinski definition) is 7. The number of Topliss-reactive ketones (excluding diaryl/α,β-unsaturated/α-hetero) is 1. The van der Waals surface area contributed by atoms with Gasteiger partial charge < -0.3 is 10.6 Å². The van der Waals surface area contributed by atoms with Crippen LogP contribution in [0.1, 0.15) is 36.3 Å². The number of thioether (sulfide) groups is 1. The maximum Gasteiger partial charge on any atom is 0.234 e. The largest absolute Gasteiger partial charge is 0.352 e. The topological polar surface area (TPSA) is 119 Å². The molecule has 0 spiro atoms. The van der Waals surface area contributed by atoms with Crippen molar-refractivity contribution in [2.75, 3.05) is 11.1 Å². The number of benzene rings is 1. The number of dihydropyridines is 1. The van der Waals surface area contributed by atoms with E-state index in [1.165, 1.54) is 23.9 Å². The maximum absolute atomic E-state index is 12.8. The molecule has 1 unspecified atom stereocenters. The molecule has 0 bridgehead atoms. The first-order valence-corrected chi connectivity index (χ1v) is 11.6. The molecule has 33 heavy (non-hydrogen) atoms. The number of rotatable bonds is 5. The summed E-state index contributed by atoms with van der Waals surface area (Å²) in [6.45, 7) is 0. The van der Waals surface area contributed by atoms with E-state index >= 15 is 0 Å². The molecule has 7 nitrogen and oxygen atoms in total. The van der Waals surface area contributed by atoms with Crippen LogP contribution >= 0.6 is 23.4 Å². The zero-order chi connectivity index (χ0) is 23.4. The molecular formula is C24H18ClN5O2S. The average Bonchev–Trinajstić information content (AvgIpc) is 2.82. The summed E-state index contributed by atoms with van der Waals surface area (Å²) in [6, 6.07) is 12.5. The summed E-state index contributed by atoms with van der Waals surface area (Å²) in [7, 11) is 0. The van der Waals surface area contributed by atoms with E-state index < -0.39 is 5.92 Å². The van der Waals surface area contributed by atoms with Crippen molar-refractivity contribution in [3.05, 3.63) is 80.7 Å². The first-order valence-electron chi connectivity index (χ1n) is 10.2. The number of carbonyl (C=O) groups excluding carboxylic acids is 2. The van der Waals surface area contributed by atoms with Gasteiger partial charge in [0.05, 0.1) is 39.6 Å². The van der Waals surface area contributed by atoms with Crippen molar-refractivity contribution in [2.45, 2.75) is 25.2 Å². The minimum Gasteiger partial charge on any atom is -0.352 e. The molecule has 0 saturated carbocycles. The summed E-state index contributed by atoms with van der Waals surface area (Å²) in [4.78, 5) is 29.6. The molecule has 0 radical (unpaired) electrons. The molecule has 2 aliphatic rings. The molecule has 1 aliphatic heterocycles. The van der Waals surface area contributed by atoms with Crippen molar-refractivity contribution >= 4 is 40.7 Å². The minimum atomic E-state index is -0.517. The Morgan fingerprint density at radius 3 is 2.85 bits per heavy atom. The van der Waals surface area contributed by atoms with E-state index in [4.69, 9.17) is 11.6 Å². The number of carbonyl (C=O) groups is 2. The summed E-state index contributed by atoms with van der Waals surface area (Å²) in [5.74, 6) is -0.836. The van der Waals surface area contributed by atoms with Crippen LogP contribution in [0, 0.1) is 22.7 Å². The number of ketones is 1. The van der Waals surface area contributed by atoms with Gasteiger partial charge in [-0.05, 0) is 42.7 Å². The van der Waals surface area contributed by atoms with Crippen molar-refractivity contribution in [1.82, 2.24) is 10.3 Å². The Labute approximate surface area is 200 Å². The predicted octanol–water partition coefficient (Wildman–Crippen LogP) is 4.41. The number of pyridine rings is 1. The average molecular weight is 476 g/mol. The van der Waals surface area contributed by atoms with Gasteiger partial charge >= 0.3 is 0 Å². The fourth-order valence-corrected chi connectivity index (χ4v) is 4.99. The van der Waals surface area contributed by atoms with Crippen LogP contribution in [0.2, 0.25) is 5.02 Å². The third-order valence-electron chi connectivity index (χ3n) is 5.40. The fraction of sp³-hybridized carbons (Fsp3) is 0.208. The standard InChI is InChI=1S/C24H18ClN5O2S/c25-16-7-6-14(10-26)19(9-16)29-21(32)13-33-24-17(11-27)22(15-3-2-8-28-12-15)23-18(30-24)4-1-5-20(23)31/h2-3,6-9,12,22,30H,1,4-5,13H2,(H,29,32). The van der Waals surface area contributed by atoms with Gasteiger partial charge in [-0.3, -0.25) is 14.6 Å². The van der Waals surface area contributed by atoms with E-state index in [1.807, 2.05) is 12.1 Å². The van der Waals surface area contributed by atoms with Crippen LogP contribution in [-0.4, -0.2) is 22.4 Å². The highest BCUT2D eigenvalue weighted by Gasteiger charge is 2.37. The lowest BCUT2D eigenvalue weighted by atomic mass is 9.77. The van der Waals surface area contributed by atoms with Gasteiger partial charge in [0.2, 0.25) is 5.91 Å². The van der Waals surface area contributed by atoms with Crippen LogP contribution in [0.3, 0.4) is 0 Å². The van der Waals surface area contributed by atoms with Gasteiger partial charge in [-0.2, -0.15) is 10.5 Å². The highest BCUT2D eigenvalue weighted by molar-refractivity contribution is 8.03. The van der Waals surface area contributed by atoms with E-state index in [0.717, 1.165) is 17.7 Å². The van der Waals surface area contributed by atoms with Gasteiger partial charge in [-0.25, -0.2) is 0 Å². The number of allylic oxidation sites excluding steroid dienone is 3. The van der Waals surface area contributed by atoms with Gasteiger partial charge in [-0.15, -0.1) is 0 Å². The van der Waals surface area contributed by atoms with E-state index in [-0.39, 0.29) is 17.4 Å². The van der Waals surface area contributed by atoms with Crippen molar-refractivity contribution in [2.24, 2.45) is 0 Å². The summed E-state index contributed by atoms with van der Waals surface area (Å²) in [5.41, 5.74) is 3.19. The SMILES string of the molecule is N#CC1=C(SCC(=O)Nc2cc(Cl)ccc2C#N)NC2=C(C(=O)CCC2)C1c1cccnc1. The van der Waals surface area contributed by atoms with Gasteiger partial charge in [-0.1, -0.05) is 29.4 Å². The van der Waals surface area contributed by atoms with Crippen LogP contribution in [0.4, 0.5) is 5.69 Å². The Balaban J connectivity index is 1.60. The Morgan fingerprint density at radius 1 is 1.27 bits per heavy atom. The summed E-state index contributed by atoms with van der Waals surface area (Å²) in [6.07, 6.45) is 5.18. The lowest BCUT2D eigenvalue weighted by Crippen LogP contribution is -2.31. The van der Waals surface area contributed by atoms with Crippen LogP contribution < -0.4 is 10.6 Å². The van der Waals surface area contributed by atoms with Crippen molar-refractivity contribution in [1.29, 1.82) is 10.5 Å². The zero-order valence-corrected chi connectivity index (χ0v) is 19.0. The number of hydrogen-bond donors (Lipinski definition) is 2. The van der Waals surface area contributed by atoms with E-state index in [2.05, 4.69) is 21.7 Å². The van der Waals surface area contributed by atoms with Crippen molar-refractivity contribution < 1.29 is 9.59 Å². The lowest BCUT2D eigenvalue weighted by molar-refractivity contribution is -0.116. The first kappa shape index (κ1) is 22.6. The van der Waals surface area contributed by atoms with Crippen LogP contribution in [0.15, 0.2) is 64.6 Å². The van der Waals surface area contributed by atoms with Crippen molar-refractivity contribution in [3.8, 4) is 12.1 Å². The first-order chi connectivity index (χ1) is 16.0. The Bertz CT molecular complexity index is 1270. The monoisotopic (exact) mass is 475 g/mol. The summed E-state index contributed by atoms with van der Waals surface area (Å²) >= 11 is 7.17. The lowest BCUT2D eigenvalue weighted by Gasteiger charge is -2.33. The van der Waals surface area contributed by atoms with Gasteiger partial charge in [0.1, 0.15) is 6.07 Å².